The fourth-order valence-electron chi connectivity index (χ4n) is 5.36. The van der Waals surface area contributed by atoms with Gasteiger partial charge in [-0.05, 0) is 30.9 Å². The van der Waals surface area contributed by atoms with Crippen LogP contribution < -0.4 is 5.32 Å². The Labute approximate surface area is 210 Å². The van der Waals surface area contributed by atoms with Crippen molar-refractivity contribution in [3.63, 3.8) is 0 Å². The zero-order valence-corrected chi connectivity index (χ0v) is 19.9. The largest absolute Gasteiger partial charge is 0.422 e. The maximum Gasteiger partial charge on any atom is 0.417 e. The molecule has 6 rings (SSSR count). The summed E-state index contributed by atoms with van der Waals surface area (Å²) in [6.45, 7) is 1.89. The second kappa shape index (κ2) is 8.66. The molecule has 1 saturated carbocycles. The molecule has 2 bridgehead atoms. The number of nitrogens with zero attached hydrogens (tertiary/aromatic N) is 6. The van der Waals surface area contributed by atoms with Gasteiger partial charge in [0.1, 0.15) is 24.1 Å². The minimum Gasteiger partial charge on any atom is -0.422 e. The molecule has 2 aromatic heterocycles. The fraction of sp³-hybridized carbons (Fsp3) is 0.500. The molecule has 204 valence electrons. The van der Waals surface area contributed by atoms with Crippen molar-refractivity contribution >= 4 is 11.7 Å². The molecule has 1 N–H and O–H groups in total. The van der Waals surface area contributed by atoms with Crippen molar-refractivity contribution in [2.75, 3.05) is 5.32 Å². The molecule has 2 saturated heterocycles. The van der Waals surface area contributed by atoms with E-state index in [9.17, 15) is 35.5 Å². The third kappa shape index (κ3) is 4.55. The van der Waals surface area contributed by atoms with Crippen molar-refractivity contribution in [2.45, 2.75) is 56.5 Å². The third-order valence-corrected chi connectivity index (χ3v) is 6.69. The number of aromatic nitrogens is 5. The number of alkyl halides is 6. The Hall–Kier alpha value is -3.72. The monoisotopic (exact) mass is 547 g/mol. The Balaban J connectivity index is 1.47. The number of halogens is 7. The number of rotatable bonds is 4. The predicted octanol–water partition coefficient (Wildman–Crippen LogP) is 5.06. The van der Waals surface area contributed by atoms with E-state index in [1.54, 1.807) is 0 Å². The van der Waals surface area contributed by atoms with Crippen molar-refractivity contribution < 1.29 is 39.9 Å². The summed E-state index contributed by atoms with van der Waals surface area (Å²) in [6.07, 6.45) is -8.61. The smallest absolute Gasteiger partial charge is 0.417 e. The van der Waals surface area contributed by atoms with Crippen LogP contribution in [0.3, 0.4) is 0 Å². The highest BCUT2D eigenvalue weighted by Crippen LogP contribution is 2.55. The number of aryl methyl sites for hydroxylation is 1. The van der Waals surface area contributed by atoms with Crippen LogP contribution in [-0.4, -0.2) is 48.1 Å². The summed E-state index contributed by atoms with van der Waals surface area (Å²) in [7, 11) is 1.44. The molecule has 9 nitrogen and oxygen atoms in total. The van der Waals surface area contributed by atoms with Crippen molar-refractivity contribution in [3.05, 3.63) is 41.6 Å². The molecule has 2 aliphatic heterocycles. The van der Waals surface area contributed by atoms with Gasteiger partial charge in [0, 0.05) is 25.1 Å². The van der Waals surface area contributed by atoms with Gasteiger partial charge in [0.25, 0.3) is 0 Å². The summed E-state index contributed by atoms with van der Waals surface area (Å²) in [5, 5.41) is 13.4. The maximum atomic E-state index is 14.8. The van der Waals surface area contributed by atoms with Gasteiger partial charge < -0.3 is 14.6 Å². The first-order valence-corrected chi connectivity index (χ1v) is 11.4. The Morgan fingerprint density at radius 2 is 1.92 bits per heavy atom. The molecule has 2 amide bonds. The topological polar surface area (TPSA) is 102 Å². The molecular weight excluding hydrogens is 527 g/mol. The van der Waals surface area contributed by atoms with Crippen LogP contribution in [0.1, 0.15) is 43.5 Å². The van der Waals surface area contributed by atoms with E-state index in [-0.39, 0.29) is 29.7 Å². The molecule has 1 aromatic carbocycles. The zero-order chi connectivity index (χ0) is 27.6. The molecular formula is C22H20F7N7O2. The van der Waals surface area contributed by atoms with E-state index in [4.69, 9.17) is 4.42 Å². The average molecular weight is 547 g/mol. The highest BCUT2D eigenvalue weighted by Gasteiger charge is 2.62. The summed E-state index contributed by atoms with van der Waals surface area (Å²) in [4.78, 5) is 18.4. The van der Waals surface area contributed by atoms with E-state index >= 15 is 0 Å². The van der Waals surface area contributed by atoms with Crippen molar-refractivity contribution in [2.24, 2.45) is 13.0 Å². The number of nitrogens with one attached hydrogen (secondary N) is 1. The molecule has 3 fully saturated rings. The van der Waals surface area contributed by atoms with E-state index in [2.05, 4.69) is 25.6 Å². The Kier molecular flexibility index (Phi) is 5.90. The second-order valence-electron chi connectivity index (χ2n) is 9.64. The number of urea groups is 1. The minimum absolute atomic E-state index is 0.0559. The number of hydrogen-bond acceptors (Lipinski definition) is 6. The molecule has 3 aromatic rings. The lowest BCUT2D eigenvalue weighted by molar-refractivity contribution is -0.137. The van der Waals surface area contributed by atoms with E-state index in [1.807, 2.05) is 6.92 Å². The first-order valence-electron chi connectivity index (χ1n) is 11.4. The summed E-state index contributed by atoms with van der Waals surface area (Å²) in [6, 6.07) is -0.199. The number of carbonyl (C=O) groups is 1. The second-order valence-corrected chi connectivity index (χ2v) is 9.64. The number of hydrogen-bond donors (Lipinski definition) is 1. The Bertz CT molecular complexity index is 1380. The molecule has 38 heavy (non-hydrogen) atoms. The molecule has 0 radical (unpaired) electrons. The third-order valence-electron chi connectivity index (χ3n) is 6.69. The van der Waals surface area contributed by atoms with Crippen molar-refractivity contribution in [1.82, 2.24) is 29.9 Å². The number of piperidine rings is 1. The van der Waals surface area contributed by atoms with Gasteiger partial charge in [-0.25, -0.2) is 14.2 Å². The van der Waals surface area contributed by atoms with Crippen LogP contribution in [-0.2, 0) is 25.2 Å². The molecule has 3 aliphatic rings. The standard InChI is InChI=1S/C22H20F7N7O2/c1-10-3-11-7-20(6-10,18-33-32-16(38-18)8-21(24,25)26)36(11)19(37)31-15-4-12(17-30-9-35(2)34-17)13(5-14(15)23)22(27,28)29/h4-5,9-11H,3,6-8H2,1-2H3,(H,31,37)/t10-,11-,20+/m1/s1. The van der Waals surface area contributed by atoms with E-state index in [1.165, 1.54) is 23.0 Å². The average Bonchev–Trinajstić information content (AvgIpc) is 3.41. The van der Waals surface area contributed by atoms with Gasteiger partial charge in [0.05, 0.1) is 11.3 Å². The molecule has 1 aliphatic carbocycles. The van der Waals surface area contributed by atoms with Gasteiger partial charge >= 0.3 is 18.4 Å². The van der Waals surface area contributed by atoms with E-state index in [0.29, 0.717) is 19.3 Å². The predicted molar refractivity (Wildman–Crippen MR) is 115 cm³/mol. The van der Waals surface area contributed by atoms with E-state index < -0.39 is 58.9 Å². The molecule has 4 heterocycles. The SMILES string of the molecule is C[C@@H]1C[C@@H]2C[C@](c3nnc(CC(F)(F)F)o3)(C1)N2C(=O)Nc1cc(-c2ncn(C)n2)c(C(F)(F)F)cc1F. The lowest BCUT2D eigenvalue weighted by atomic mass is 9.64. The van der Waals surface area contributed by atoms with Crippen molar-refractivity contribution in [1.29, 1.82) is 0 Å². The fourth-order valence-corrected chi connectivity index (χ4v) is 5.36. The van der Waals surface area contributed by atoms with Gasteiger partial charge in [-0.1, -0.05) is 6.92 Å². The molecule has 0 spiro atoms. The van der Waals surface area contributed by atoms with Gasteiger partial charge in [0.15, 0.2) is 5.82 Å². The van der Waals surface area contributed by atoms with Crippen LogP contribution in [0.2, 0.25) is 0 Å². The summed E-state index contributed by atoms with van der Waals surface area (Å²) in [5.41, 5.74) is -3.65. The number of amides is 2. The van der Waals surface area contributed by atoms with Crippen LogP contribution in [0.5, 0.6) is 0 Å². The van der Waals surface area contributed by atoms with Crippen LogP contribution in [0, 0.1) is 11.7 Å². The highest BCUT2D eigenvalue weighted by molar-refractivity contribution is 5.92. The summed E-state index contributed by atoms with van der Waals surface area (Å²) >= 11 is 0. The number of anilines is 1. The lowest BCUT2D eigenvalue weighted by Crippen LogP contribution is -2.70. The van der Waals surface area contributed by atoms with Crippen molar-refractivity contribution in [3.8, 4) is 11.4 Å². The number of fused-ring (bicyclic) bond motifs is 2. The number of benzene rings is 1. The maximum absolute atomic E-state index is 14.8. The van der Waals surface area contributed by atoms with Gasteiger partial charge in [0.2, 0.25) is 11.8 Å². The Morgan fingerprint density at radius 3 is 2.55 bits per heavy atom. The normalized spacial score (nSPS) is 23.3. The number of carbonyl (C=O) groups excluding carboxylic acids is 1. The summed E-state index contributed by atoms with van der Waals surface area (Å²) in [5.74, 6) is -2.46. The van der Waals surface area contributed by atoms with Crippen LogP contribution in [0.25, 0.3) is 11.4 Å². The van der Waals surface area contributed by atoms with Crippen LogP contribution in [0.15, 0.2) is 22.9 Å². The molecule has 16 heteroatoms. The first-order chi connectivity index (χ1) is 17.7. The van der Waals surface area contributed by atoms with Gasteiger partial charge in [-0.3, -0.25) is 4.68 Å². The van der Waals surface area contributed by atoms with Gasteiger partial charge in [-0.2, -0.15) is 31.4 Å². The quantitative estimate of drug-likeness (QED) is 0.459. The minimum atomic E-state index is -4.93. The summed E-state index contributed by atoms with van der Waals surface area (Å²) < 4.78 is 101. The first kappa shape index (κ1) is 25.9. The van der Waals surface area contributed by atoms with Gasteiger partial charge in [-0.15, -0.1) is 10.2 Å². The Morgan fingerprint density at radius 1 is 1.18 bits per heavy atom. The molecule has 3 atom stereocenters. The lowest BCUT2D eigenvalue weighted by Gasteiger charge is -2.61. The molecule has 0 unspecified atom stereocenters. The zero-order valence-electron chi connectivity index (χ0n) is 19.9. The van der Waals surface area contributed by atoms with E-state index in [0.717, 1.165) is 6.07 Å². The highest BCUT2D eigenvalue weighted by atomic mass is 19.4. The van der Waals surface area contributed by atoms with Crippen LogP contribution >= 0.6 is 0 Å². The van der Waals surface area contributed by atoms with Crippen LogP contribution in [0.4, 0.5) is 41.2 Å².